The van der Waals surface area contributed by atoms with Crippen LogP contribution in [0.4, 0.5) is 0 Å². The summed E-state index contributed by atoms with van der Waals surface area (Å²) in [6.45, 7) is 5.56. The average molecular weight is 180 g/mol. The van der Waals surface area contributed by atoms with Gasteiger partial charge >= 0.3 is 0 Å². The zero-order valence-corrected chi connectivity index (χ0v) is 8.71. The summed E-state index contributed by atoms with van der Waals surface area (Å²) in [6, 6.07) is 0.305. The molecule has 2 atom stereocenters. The number of hydrogen-bond acceptors (Lipinski definition) is 2. The van der Waals surface area contributed by atoms with Gasteiger partial charge in [0.05, 0.1) is 6.04 Å². The lowest BCUT2D eigenvalue weighted by atomic mass is 9.97. The van der Waals surface area contributed by atoms with Gasteiger partial charge in [0.1, 0.15) is 0 Å². The van der Waals surface area contributed by atoms with Gasteiger partial charge in [-0.25, -0.2) is 0 Å². The Balaban J connectivity index is 2.38. The van der Waals surface area contributed by atoms with Crippen LogP contribution in [0.2, 0.25) is 0 Å². The molecule has 74 valence electrons. The van der Waals surface area contributed by atoms with E-state index in [1.807, 2.05) is 7.05 Å². The molecule has 0 bridgehead atoms. The molecule has 0 saturated carbocycles. The fraction of sp³-hybridized carbons (Fsp3) is 0.818. The Bertz CT molecular complexity index is 181. The van der Waals surface area contributed by atoms with Crippen LogP contribution in [0.1, 0.15) is 19.8 Å². The van der Waals surface area contributed by atoms with Gasteiger partial charge in [-0.05, 0) is 45.8 Å². The van der Waals surface area contributed by atoms with E-state index < -0.39 is 0 Å². The summed E-state index contributed by atoms with van der Waals surface area (Å²) >= 11 is 0. The zero-order valence-electron chi connectivity index (χ0n) is 8.71. The molecule has 0 aliphatic carbocycles. The molecule has 0 aromatic carbocycles. The number of hydrogen-bond donors (Lipinski definition) is 1. The molecule has 2 nitrogen and oxygen atoms in total. The molecule has 1 fully saturated rings. The third kappa shape index (κ3) is 3.02. The zero-order chi connectivity index (χ0) is 9.68. The first-order chi connectivity index (χ1) is 6.27. The van der Waals surface area contributed by atoms with Crippen molar-refractivity contribution < 1.29 is 0 Å². The number of piperidine rings is 1. The maximum absolute atomic E-state index is 5.41. The number of likely N-dealkylation sites (tertiary alicyclic amines) is 1. The minimum Gasteiger partial charge on any atom is -0.319 e. The van der Waals surface area contributed by atoms with Gasteiger partial charge in [-0.15, -0.1) is 6.42 Å². The molecule has 1 N–H and O–H groups in total. The number of terminal acetylenes is 1. The molecule has 0 spiro atoms. The highest BCUT2D eigenvalue weighted by Crippen LogP contribution is 2.17. The smallest absolute Gasteiger partial charge is 0.0683 e. The van der Waals surface area contributed by atoms with Crippen molar-refractivity contribution >= 4 is 0 Å². The van der Waals surface area contributed by atoms with Crippen LogP contribution >= 0.6 is 0 Å². The highest BCUT2D eigenvalue weighted by atomic mass is 15.2. The van der Waals surface area contributed by atoms with E-state index in [0.29, 0.717) is 6.04 Å². The quantitative estimate of drug-likeness (QED) is 0.650. The van der Waals surface area contributed by atoms with Crippen molar-refractivity contribution in [2.75, 3.05) is 26.7 Å². The van der Waals surface area contributed by atoms with Gasteiger partial charge in [0.15, 0.2) is 0 Å². The van der Waals surface area contributed by atoms with Gasteiger partial charge in [-0.2, -0.15) is 0 Å². The second kappa shape index (κ2) is 5.26. The van der Waals surface area contributed by atoms with Gasteiger partial charge < -0.3 is 5.32 Å². The second-order valence-electron chi connectivity index (χ2n) is 3.90. The minimum absolute atomic E-state index is 0.305. The maximum Gasteiger partial charge on any atom is 0.0683 e. The first-order valence-corrected chi connectivity index (χ1v) is 5.12. The normalized spacial score (nSPS) is 26.7. The summed E-state index contributed by atoms with van der Waals surface area (Å²) in [5.74, 6) is 3.59. The van der Waals surface area contributed by atoms with E-state index in [4.69, 9.17) is 6.42 Å². The number of nitrogens with zero attached hydrogens (tertiary/aromatic N) is 1. The highest BCUT2D eigenvalue weighted by Gasteiger charge is 2.21. The van der Waals surface area contributed by atoms with E-state index in [-0.39, 0.29) is 0 Å². The van der Waals surface area contributed by atoms with E-state index in [9.17, 15) is 0 Å². The lowest BCUT2D eigenvalue weighted by Gasteiger charge is -2.34. The Morgan fingerprint density at radius 2 is 2.46 bits per heavy atom. The van der Waals surface area contributed by atoms with E-state index in [0.717, 1.165) is 19.0 Å². The van der Waals surface area contributed by atoms with Crippen molar-refractivity contribution in [2.45, 2.75) is 25.8 Å². The molecular weight excluding hydrogens is 160 g/mol. The third-order valence-corrected chi connectivity index (χ3v) is 2.83. The molecule has 1 aliphatic heterocycles. The maximum atomic E-state index is 5.41. The summed E-state index contributed by atoms with van der Waals surface area (Å²) in [5, 5.41) is 3.24. The first-order valence-electron chi connectivity index (χ1n) is 5.12. The van der Waals surface area contributed by atoms with E-state index in [2.05, 4.69) is 23.1 Å². The number of nitrogens with one attached hydrogen (secondary N) is 1. The van der Waals surface area contributed by atoms with Crippen LogP contribution in [0.25, 0.3) is 0 Å². The van der Waals surface area contributed by atoms with Crippen LogP contribution in [-0.2, 0) is 0 Å². The molecule has 1 rings (SSSR count). The van der Waals surface area contributed by atoms with Crippen molar-refractivity contribution in [3.8, 4) is 12.3 Å². The average Bonchev–Trinajstić information content (AvgIpc) is 2.18. The van der Waals surface area contributed by atoms with Gasteiger partial charge in [0, 0.05) is 6.54 Å². The molecule has 1 heterocycles. The van der Waals surface area contributed by atoms with Crippen molar-refractivity contribution in [2.24, 2.45) is 5.92 Å². The van der Waals surface area contributed by atoms with Crippen molar-refractivity contribution in [1.29, 1.82) is 0 Å². The lowest BCUT2D eigenvalue weighted by molar-refractivity contribution is 0.156. The number of rotatable bonds is 3. The summed E-state index contributed by atoms with van der Waals surface area (Å²) in [5.41, 5.74) is 0. The highest BCUT2D eigenvalue weighted by molar-refractivity contribution is 4.98. The topological polar surface area (TPSA) is 15.3 Å². The fourth-order valence-electron chi connectivity index (χ4n) is 2.01. The first kappa shape index (κ1) is 10.6. The molecular formula is C11H20N2. The van der Waals surface area contributed by atoms with Crippen LogP contribution in [0, 0.1) is 18.3 Å². The predicted octanol–water partition coefficient (Wildman–Crippen LogP) is 0.940. The lowest BCUT2D eigenvalue weighted by Crippen LogP contribution is -2.43. The Morgan fingerprint density at radius 3 is 3.08 bits per heavy atom. The Hall–Kier alpha value is -0.520. The molecule has 1 saturated heterocycles. The van der Waals surface area contributed by atoms with Crippen molar-refractivity contribution in [3.63, 3.8) is 0 Å². The summed E-state index contributed by atoms with van der Waals surface area (Å²) < 4.78 is 0. The second-order valence-corrected chi connectivity index (χ2v) is 3.90. The largest absolute Gasteiger partial charge is 0.319 e. The molecule has 2 unspecified atom stereocenters. The Morgan fingerprint density at radius 1 is 1.69 bits per heavy atom. The van der Waals surface area contributed by atoms with Gasteiger partial charge in [0.2, 0.25) is 0 Å². The molecule has 0 aromatic rings. The standard InChI is InChI=1S/C11H20N2/c1-4-10(2)13-7-5-6-11(9-13)8-12-3/h1,10-12H,5-9H2,2-3H3. The minimum atomic E-state index is 0.305. The van der Waals surface area contributed by atoms with Crippen LogP contribution in [0.3, 0.4) is 0 Å². The van der Waals surface area contributed by atoms with Crippen LogP contribution in [-0.4, -0.2) is 37.6 Å². The van der Waals surface area contributed by atoms with Crippen LogP contribution in [0.15, 0.2) is 0 Å². The predicted molar refractivity (Wildman–Crippen MR) is 56.5 cm³/mol. The van der Waals surface area contributed by atoms with Crippen molar-refractivity contribution in [3.05, 3.63) is 0 Å². The summed E-state index contributed by atoms with van der Waals surface area (Å²) in [7, 11) is 2.02. The van der Waals surface area contributed by atoms with Crippen LogP contribution < -0.4 is 5.32 Å². The Kier molecular flexibility index (Phi) is 4.27. The van der Waals surface area contributed by atoms with Gasteiger partial charge in [0.25, 0.3) is 0 Å². The Labute approximate surface area is 81.7 Å². The van der Waals surface area contributed by atoms with E-state index in [1.165, 1.54) is 19.4 Å². The third-order valence-electron chi connectivity index (χ3n) is 2.83. The molecule has 0 aromatic heterocycles. The summed E-state index contributed by atoms with van der Waals surface area (Å²) in [4.78, 5) is 2.41. The fourth-order valence-corrected chi connectivity index (χ4v) is 2.01. The van der Waals surface area contributed by atoms with E-state index >= 15 is 0 Å². The summed E-state index contributed by atoms with van der Waals surface area (Å²) in [6.07, 6.45) is 8.05. The molecule has 13 heavy (non-hydrogen) atoms. The monoisotopic (exact) mass is 180 g/mol. The van der Waals surface area contributed by atoms with Gasteiger partial charge in [-0.1, -0.05) is 5.92 Å². The SMILES string of the molecule is C#CC(C)N1CCCC(CNC)C1. The molecule has 0 amide bonds. The molecule has 2 heteroatoms. The van der Waals surface area contributed by atoms with Crippen LogP contribution in [0.5, 0.6) is 0 Å². The van der Waals surface area contributed by atoms with E-state index in [1.54, 1.807) is 0 Å². The molecule has 1 aliphatic rings. The van der Waals surface area contributed by atoms with Crippen molar-refractivity contribution in [1.82, 2.24) is 10.2 Å². The molecule has 0 radical (unpaired) electrons. The van der Waals surface area contributed by atoms with Gasteiger partial charge in [-0.3, -0.25) is 4.90 Å².